The summed E-state index contributed by atoms with van der Waals surface area (Å²) in [4.78, 5) is 2.76. The Hall–Kier alpha value is -1.26. The number of ether oxygens (including phenoxy) is 1. The van der Waals surface area contributed by atoms with E-state index in [2.05, 4.69) is 17.9 Å². The van der Waals surface area contributed by atoms with E-state index in [-0.39, 0.29) is 23.0 Å². The van der Waals surface area contributed by atoms with E-state index in [4.69, 9.17) is 4.74 Å². The van der Waals surface area contributed by atoms with Crippen molar-refractivity contribution < 1.29 is 14.9 Å². The van der Waals surface area contributed by atoms with Gasteiger partial charge >= 0.3 is 0 Å². The van der Waals surface area contributed by atoms with Crippen molar-refractivity contribution in [1.82, 2.24) is 4.90 Å². The summed E-state index contributed by atoms with van der Waals surface area (Å²) in [5.41, 5.74) is 2.24. The van der Waals surface area contributed by atoms with E-state index in [0.717, 1.165) is 43.7 Å². The molecule has 5 atom stereocenters. The summed E-state index contributed by atoms with van der Waals surface area (Å²) in [6, 6.07) is 4.29. The quantitative estimate of drug-likeness (QED) is 0.814. The molecule has 0 radical (unpaired) electrons. The summed E-state index contributed by atoms with van der Waals surface area (Å²) in [5.74, 6) is 2.17. The minimum absolute atomic E-state index is 0.0309. The maximum Gasteiger partial charge on any atom is 0.161 e. The normalized spacial score (nSPS) is 39.3. The number of benzene rings is 1. The van der Waals surface area contributed by atoms with Crippen LogP contribution in [0.4, 0.5) is 0 Å². The van der Waals surface area contributed by atoms with Gasteiger partial charge in [0, 0.05) is 30.7 Å². The van der Waals surface area contributed by atoms with Crippen LogP contribution in [-0.4, -0.2) is 47.5 Å². The Morgan fingerprint density at radius 3 is 2.81 bits per heavy atom. The molecule has 3 aliphatic carbocycles. The molecule has 5 rings (SSSR count). The molecule has 4 nitrogen and oxygen atoms in total. The Bertz CT molecular complexity index is 716. The lowest BCUT2D eigenvalue weighted by molar-refractivity contribution is -0.0849. The van der Waals surface area contributed by atoms with Crippen LogP contribution in [-0.2, 0) is 16.6 Å². The smallest absolute Gasteiger partial charge is 0.161 e. The Kier molecular flexibility index (Phi) is 3.81. The van der Waals surface area contributed by atoms with Gasteiger partial charge in [0.15, 0.2) is 11.5 Å². The monoisotopic (exact) mass is 357 g/mol. The fourth-order valence-electron chi connectivity index (χ4n) is 6.50. The van der Waals surface area contributed by atoms with Crippen molar-refractivity contribution in [2.24, 2.45) is 17.8 Å². The Labute approximate surface area is 156 Å². The van der Waals surface area contributed by atoms with Crippen molar-refractivity contribution in [2.45, 2.75) is 63.0 Å². The number of fused-ring (bicyclic) bond motifs is 1. The number of aromatic hydroxyl groups is 2. The van der Waals surface area contributed by atoms with Crippen molar-refractivity contribution >= 4 is 0 Å². The van der Waals surface area contributed by atoms with Crippen molar-refractivity contribution in [2.75, 3.05) is 20.2 Å². The number of piperidine rings is 1. The second-order valence-corrected chi connectivity index (χ2v) is 9.38. The molecule has 1 saturated heterocycles. The van der Waals surface area contributed by atoms with Crippen molar-refractivity contribution in [3.63, 3.8) is 0 Å². The van der Waals surface area contributed by atoms with E-state index in [1.807, 2.05) is 7.11 Å². The Morgan fingerprint density at radius 2 is 2.08 bits per heavy atom. The fraction of sp³-hybridized carbons (Fsp3) is 0.727. The van der Waals surface area contributed by atoms with Crippen LogP contribution >= 0.6 is 0 Å². The summed E-state index contributed by atoms with van der Waals surface area (Å²) in [6.07, 6.45) is 7.21. The second-order valence-electron chi connectivity index (χ2n) is 9.38. The van der Waals surface area contributed by atoms with Crippen LogP contribution in [0.2, 0.25) is 0 Å². The molecule has 142 valence electrons. The first-order valence-electron chi connectivity index (χ1n) is 10.3. The number of hydrogen-bond acceptors (Lipinski definition) is 4. The third-order valence-corrected chi connectivity index (χ3v) is 7.98. The van der Waals surface area contributed by atoms with Gasteiger partial charge in [-0.05, 0) is 74.5 Å². The molecular weight excluding hydrogens is 326 g/mol. The Morgan fingerprint density at radius 1 is 1.27 bits per heavy atom. The van der Waals surface area contributed by atoms with E-state index >= 15 is 0 Å². The number of hydrogen-bond donors (Lipinski definition) is 2. The van der Waals surface area contributed by atoms with Crippen molar-refractivity contribution in [3.8, 4) is 11.5 Å². The van der Waals surface area contributed by atoms with Gasteiger partial charge in [0.1, 0.15) is 0 Å². The van der Waals surface area contributed by atoms with Crippen LogP contribution < -0.4 is 0 Å². The van der Waals surface area contributed by atoms with Crippen molar-refractivity contribution in [3.05, 3.63) is 23.3 Å². The summed E-state index contributed by atoms with van der Waals surface area (Å²) in [5, 5.41) is 21.1. The largest absolute Gasteiger partial charge is 0.504 e. The maximum absolute atomic E-state index is 10.8. The average Bonchev–Trinajstić information content (AvgIpc) is 3.44. The highest BCUT2D eigenvalue weighted by molar-refractivity contribution is 5.56. The molecule has 2 N–H and O–H groups in total. The minimum atomic E-state index is -0.0473. The SMILES string of the molecule is CO[C@H]1C[C@]23CCN(CC4CC4)[C@H](Cc4ccc(O)c(O)c42)C3C[C@@H]1C. The second kappa shape index (κ2) is 5.87. The van der Waals surface area contributed by atoms with Crippen LogP contribution in [0.3, 0.4) is 0 Å². The van der Waals surface area contributed by atoms with Gasteiger partial charge in [0.2, 0.25) is 0 Å². The number of rotatable bonds is 3. The predicted octanol–water partition coefficient (Wildman–Crippen LogP) is 3.44. The molecule has 4 aliphatic rings. The summed E-state index contributed by atoms with van der Waals surface area (Å²) < 4.78 is 5.87. The standard InChI is InChI=1S/C22H31NO3/c1-13-9-16-17-10-15-5-6-18(24)21(25)20(15)22(16,11-19(13)26-2)7-8-23(17)12-14-3-4-14/h5-6,13-14,16-17,19,24-25H,3-4,7-12H2,1-2H3/t13-,16?,17+,19-,22-/m0/s1. The molecule has 1 unspecified atom stereocenters. The summed E-state index contributed by atoms with van der Waals surface area (Å²) in [7, 11) is 1.82. The molecule has 3 fully saturated rings. The highest BCUT2D eigenvalue weighted by atomic mass is 16.5. The van der Waals surface area contributed by atoms with Gasteiger partial charge < -0.3 is 14.9 Å². The summed E-state index contributed by atoms with van der Waals surface area (Å²) in [6.45, 7) is 4.68. The molecule has 2 bridgehead atoms. The fourth-order valence-corrected chi connectivity index (χ4v) is 6.50. The number of phenolic OH excluding ortho intramolecular Hbond substituents is 2. The Balaban J connectivity index is 1.62. The lowest BCUT2D eigenvalue weighted by Crippen LogP contribution is -2.63. The highest BCUT2D eigenvalue weighted by Crippen LogP contribution is 2.60. The van der Waals surface area contributed by atoms with E-state index < -0.39 is 0 Å². The summed E-state index contributed by atoms with van der Waals surface area (Å²) >= 11 is 0. The van der Waals surface area contributed by atoms with Gasteiger partial charge in [-0.25, -0.2) is 0 Å². The number of methoxy groups -OCH3 is 1. The molecule has 0 aromatic heterocycles. The first kappa shape index (κ1) is 16.9. The third-order valence-electron chi connectivity index (χ3n) is 7.98. The van der Waals surface area contributed by atoms with Crippen LogP contribution in [0.5, 0.6) is 11.5 Å². The zero-order valence-corrected chi connectivity index (χ0v) is 15.9. The molecule has 1 aromatic rings. The van der Waals surface area contributed by atoms with Gasteiger partial charge in [0.05, 0.1) is 6.10 Å². The van der Waals surface area contributed by atoms with Gasteiger partial charge in [-0.15, -0.1) is 0 Å². The molecule has 1 heterocycles. The van der Waals surface area contributed by atoms with Crippen LogP contribution in [0.15, 0.2) is 12.1 Å². The molecule has 1 aromatic carbocycles. The number of nitrogens with zero attached hydrogens (tertiary/aromatic N) is 1. The molecular formula is C22H31NO3. The molecule has 2 saturated carbocycles. The van der Waals surface area contributed by atoms with Gasteiger partial charge in [0.25, 0.3) is 0 Å². The topological polar surface area (TPSA) is 52.9 Å². The first-order valence-corrected chi connectivity index (χ1v) is 10.3. The van der Waals surface area contributed by atoms with E-state index in [1.54, 1.807) is 6.07 Å². The average molecular weight is 357 g/mol. The van der Waals surface area contributed by atoms with Crippen LogP contribution in [0.1, 0.15) is 50.2 Å². The lowest BCUT2D eigenvalue weighted by Gasteiger charge is -2.61. The maximum atomic E-state index is 10.8. The molecule has 0 amide bonds. The van der Waals surface area contributed by atoms with Crippen LogP contribution in [0, 0.1) is 17.8 Å². The molecule has 26 heavy (non-hydrogen) atoms. The van der Waals surface area contributed by atoms with Gasteiger partial charge in [-0.1, -0.05) is 13.0 Å². The van der Waals surface area contributed by atoms with E-state index in [0.29, 0.717) is 17.9 Å². The zero-order valence-electron chi connectivity index (χ0n) is 15.9. The third kappa shape index (κ3) is 2.34. The van der Waals surface area contributed by atoms with E-state index in [9.17, 15) is 10.2 Å². The number of likely N-dealkylation sites (tertiary alicyclic amines) is 1. The zero-order chi connectivity index (χ0) is 18.1. The van der Waals surface area contributed by atoms with Crippen molar-refractivity contribution in [1.29, 1.82) is 0 Å². The highest BCUT2D eigenvalue weighted by Gasteiger charge is 2.58. The van der Waals surface area contributed by atoms with Gasteiger partial charge in [-0.2, -0.15) is 0 Å². The molecule has 1 aliphatic heterocycles. The van der Waals surface area contributed by atoms with Crippen LogP contribution in [0.25, 0.3) is 0 Å². The lowest BCUT2D eigenvalue weighted by atomic mass is 9.50. The molecule has 4 heteroatoms. The minimum Gasteiger partial charge on any atom is -0.504 e. The number of phenols is 2. The predicted molar refractivity (Wildman–Crippen MR) is 101 cm³/mol. The first-order chi connectivity index (χ1) is 12.5. The van der Waals surface area contributed by atoms with E-state index in [1.165, 1.54) is 24.9 Å². The van der Waals surface area contributed by atoms with Gasteiger partial charge in [-0.3, -0.25) is 4.90 Å². The molecule has 0 spiro atoms.